The van der Waals surface area contributed by atoms with Crippen molar-refractivity contribution in [2.75, 3.05) is 17.7 Å². The molecule has 21 heavy (non-hydrogen) atoms. The van der Waals surface area contributed by atoms with Gasteiger partial charge in [0.15, 0.2) is 0 Å². The third kappa shape index (κ3) is 2.17. The van der Waals surface area contributed by atoms with Crippen LogP contribution in [0.5, 0.6) is 0 Å². The molecule has 1 amide bonds. The zero-order valence-electron chi connectivity index (χ0n) is 13.1. The Kier molecular flexibility index (Phi) is 3.27. The van der Waals surface area contributed by atoms with Gasteiger partial charge in [-0.05, 0) is 29.0 Å². The Morgan fingerprint density at radius 2 is 1.71 bits per heavy atom. The van der Waals surface area contributed by atoms with Gasteiger partial charge in [-0.15, -0.1) is 0 Å². The summed E-state index contributed by atoms with van der Waals surface area (Å²) in [5.74, 6) is -1.08. The van der Waals surface area contributed by atoms with Gasteiger partial charge < -0.3 is 15.7 Å². The maximum absolute atomic E-state index is 12.7. The Bertz CT molecular complexity index is 606. The molecular weight excluding hydrogens is 268 g/mol. The largest absolute Gasteiger partial charge is 0.478 e. The minimum Gasteiger partial charge on any atom is -0.478 e. The monoisotopic (exact) mass is 290 g/mol. The van der Waals surface area contributed by atoms with E-state index in [9.17, 15) is 9.59 Å². The first-order valence-electron chi connectivity index (χ1n) is 6.92. The quantitative estimate of drug-likeness (QED) is 0.838. The van der Waals surface area contributed by atoms with Gasteiger partial charge in [0, 0.05) is 13.0 Å². The average Bonchev–Trinajstić information content (AvgIpc) is 2.77. The highest BCUT2D eigenvalue weighted by Gasteiger charge is 2.68. The third-order valence-electron chi connectivity index (χ3n) is 5.23. The molecule has 114 valence electrons. The van der Waals surface area contributed by atoms with E-state index < -0.39 is 5.97 Å². The van der Waals surface area contributed by atoms with E-state index >= 15 is 0 Å². The molecule has 0 aromatic heterocycles. The second-order valence-electron chi connectivity index (χ2n) is 6.85. The minimum atomic E-state index is -1.04. The van der Waals surface area contributed by atoms with Crippen molar-refractivity contribution in [1.82, 2.24) is 0 Å². The fraction of sp³-hybridized carbons (Fsp3) is 0.500. The number of nitrogens with zero attached hydrogens (tertiary/aromatic N) is 1. The summed E-state index contributed by atoms with van der Waals surface area (Å²) in [6.45, 7) is 8.33. The number of nitrogens with two attached hydrogens (primary N) is 1. The van der Waals surface area contributed by atoms with Gasteiger partial charge >= 0.3 is 5.97 Å². The van der Waals surface area contributed by atoms with Crippen LogP contribution in [0.2, 0.25) is 0 Å². The lowest BCUT2D eigenvalue weighted by Crippen LogP contribution is -2.30. The highest BCUT2D eigenvalue weighted by molar-refractivity contribution is 6.01. The van der Waals surface area contributed by atoms with Crippen molar-refractivity contribution in [3.05, 3.63) is 23.8 Å². The van der Waals surface area contributed by atoms with Crippen LogP contribution in [-0.2, 0) is 4.79 Å². The van der Waals surface area contributed by atoms with Crippen molar-refractivity contribution in [2.45, 2.75) is 27.7 Å². The summed E-state index contributed by atoms with van der Waals surface area (Å²) in [5, 5.41) is 8.95. The third-order valence-corrected chi connectivity index (χ3v) is 5.23. The molecule has 0 unspecified atom stereocenters. The van der Waals surface area contributed by atoms with Crippen LogP contribution in [0, 0.1) is 16.7 Å². The van der Waals surface area contributed by atoms with E-state index in [1.807, 2.05) is 0 Å². The number of carboxylic acids is 1. The number of nitrogen functional groups attached to an aromatic ring is 1. The molecule has 0 saturated heterocycles. The number of benzene rings is 1. The van der Waals surface area contributed by atoms with Crippen LogP contribution in [0.1, 0.15) is 38.1 Å². The molecule has 1 aliphatic carbocycles. The maximum atomic E-state index is 12.7. The van der Waals surface area contributed by atoms with E-state index in [1.165, 1.54) is 17.0 Å². The Labute approximate surface area is 124 Å². The first kappa shape index (κ1) is 15.4. The lowest BCUT2D eigenvalue weighted by Gasteiger charge is -2.20. The summed E-state index contributed by atoms with van der Waals surface area (Å²) in [6.07, 6.45) is 0. The molecule has 0 atom stereocenters. The molecule has 2 rings (SSSR count). The van der Waals surface area contributed by atoms with Crippen LogP contribution in [-0.4, -0.2) is 24.0 Å². The van der Waals surface area contributed by atoms with E-state index in [2.05, 4.69) is 27.7 Å². The number of carbonyl (C=O) groups is 2. The number of carbonyl (C=O) groups excluding carboxylic acids is 1. The second kappa shape index (κ2) is 4.48. The number of anilines is 2. The van der Waals surface area contributed by atoms with Crippen molar-refractivity contribution in [3.8, 4) is 0 Å². The van der Waals surface area contributed by atoms with Crippen molar-refractivity contribution >= 4 is 23.3 Å². The van der Waals surface area contributed by atoms with E-state index in [4.69, 9.17) is 10.8 Å². The molecule has 5 nitrogen and oxygen atoms in total. The molecule has 3 N–H and O–H groups in total. The predicted octanol–water partition coefficient (Wildman–Crippen LogP) is 2.61. The summed E-state index contributed by atoms with van der Waals surface area (Å²) in [5.41, 5.74) is 6.75. The second-order valence-corrected chi connectivity index (χ2v) is 6.85. The summed E-state index contributed by atoms with van der Waals surface area (Å²) < 4.78 is 0. The number of hydrogen-bond acceptors (Lipinski definition) is 3. The van der Waals surface area contributed by atoms with Gasteiger partial charge in [-0.2, -0.15) is 0 Å². The highest BCUT2D eigenvalue weighted by Crippen LogP contribution is 2.68. The predicted molar refractivity (Wildman–Crippen MR) is 82.3 cm³/mol. The van der Waals surface area contributed by atoms with Gasteiger partial charge in [0.2, 0.25) is 5.91 Å². The fourth-order valence-electron chi connectivity index (χ4n) is 3.12. The lowest BCUT2D eigenvalue weighted by molar-refractivity contribution is -0.120. The van der Waals surface area contributed by atoms with Crippen molar-refractivity contribution in [3.63, 3.8) is 0 Å². The number of hydrogen-bond donors (Lipinski definition) is 2. The summed E-state index contributed by atoms with van der Waals surface area (Å²) in [7, 11) is 1.68. The molecule has 0 radical (unpaired) electrons. The van der Waals surface area contributed by atoms with Gasteiger partial charge in [0.25, 0.3) is 0 Å². The zero-order valence-corrected chi connectivity index (χ0v) is 13.1. The molecule has 0 bridgehead atoms. The van der Waals surface area contributed by atoms with E-state index in [0.29, 0.717) is 11.4 Å². The Morgan fingerprint density at radius 1 is 1.19 bits per heavy atom. The molecule has 1 aromatic rings. The molecule has 0 spiro atoms. The lowest BCUT2D eigenvalue weighted by atomic mass is 10.0. The van der Waals surface area contributed by atoms with Crippen LogP contribution in [0.3, 0.4) is 0 Å². The van der Waals surface area contributed by atoms with E-state index in [0.717, 1.165) is 0 Å². The maximum Gasteiger partial charge on any atom is 0.335 e. The molecule has 0 aliphatic heterocycles. The van der Waals surface area contributed by atoms with Gasteiger partial charge in [-0.25, -0.2) is 4.79 Å². The summed E-state index contributed by atoms with van der Waals surface area (Å²) >= 11 is 0. The molecule has 1 aromatic carbocycles. The smallest absolute Gasteiger partial charge is 0.335 e. The van der Waals surface area contributed by atoms with Gasteiger partial charge in [-0.1, -0.05) is 27.7 Å². The van der Waals surface area contributed by atoms with Crippen LogP contribution >= 0.6 is 0 Å². The Balaban J connectivity index is 2.28. The average molecular weight is 290 g/mol. The molecule has 1 fully saturated rings. The Hall–Kier alpha value is -2.04. The Morgan fingerprint density at radius 3 is 2.10 bits per heavy atom. The molecule has 1 aliphatic rings. The first-order chi connectivity index (χ1) is 9.51. The van der Waals surface area contributed by atoms with Gasteiger partial charge in [0.1, 0.15) is 0 Å². The summed E-state index contributed by atoms with van der Waals surface area (Å²) in [6, 6.07) is 4.42. The zero-order chi connectivity index (χ0) is 16.2. The van der Waals surface area contributed by atoms with E-state index in [-0.39, 0.29) is 28.2 Å². The molecule has 5 heteroatoms. The normalized spacial score (nSPS) is 19.1. The summed E-state index contributed by atoms with van der Waals surface area (Å²) in [4.78, 5) is 25.1. The topological polar surface area (TPSA) is 83.6 Å². The van der Waals surface area contributed by atoms with Crippen LogP contribution < -0.4 is 10.6 Å². The van der Waals surface area contributed by atoms with Crippen LogP contribution in [0.25, 0.3) is 0 Å². The van der Waals surface area contributed by atoms with Crippen LogP contribution in [0.15, 0.2) is 18.2 Å². The standard InChI is InChI=1S/C16H22N2O3/c1-15(2)12(16(15,3)4)13(19)18(5)11-7-6-9(14(20)21)8-10(11)17/h6-8,12H,17H2,1-5H3,(H,20,21). The number of carboxylic acid groups (broad SMARTS) is 1. The van der Waals surface area contributed by atoms with E-state index in [1.54, 1.807) is 13.1 Å². The first-order valence-corrected chi connectivity index (χ1v) is 6.92. The molecule has 0 heterocycles. The number of aromatic carboxylic acids is 1. The minimum absolute atomic E-state index is 0.0137. The number of rotatable bonds is 3. The van der Waals surface area contributed by atoms with Crippen molar-refractivity contribution in [1.29, 1.82) is 0 Å². The fourth-order valence-corrected chi connectivity index (χ4v) is 3.12. The van der Waals surface area contributed by atoms with Crippen molar-refractivity contribution in [2.24, 2.45) is 16.7 Å². The number of amides is 1. The van der Waals surface area contributed by atoms with Crippen LogP contribution in [0.4, 0.5) is 11.4 Å². The SMILES string of the molecule is CN(C(=O)C1C(C)(C)C1(C)C)c1ccc(C(=O)O)cc1N. The van der Waals surface area contributed by atoms with Gasteiger partial charge in [0.05, 0.1) is 16.9 Å². The highest BCUT2D eigenvalue weighted by atomic mass is 16.4. The van der Waals surface area contributed by atoms with Gasteiger partial charge in [-0.3, -0.25) is 4.79 Å². The molecular formula is C16H22N2O3. The molecule has 1 saturated carbocycles. The van der Waals surface area contributed by atoms with Crippen molar-refractivity contribution < 1.29 is 14.7 Å².